The third kappa shape index (κ3) is 2.63. The lowest BCUT2D eigenvalue weighted by atomic mass is 10.0. The van der Waals surface area contributed by atoms with E-state index in [9.17, 15) is 4.79 Å². The lowest BCUT2D eigenvalue weighted by Gasteiger charge is -2.19. The summed E-state index contributed by atoms with van der Waals surface area (Å²) in [5.74, 6) is 1.33. The Kier molecular flexibility index (Phi) is 3.62. The molecule has 0 saturated heterocycles. The summed E-state index contributed by atoms with van der Waals surface area (Å²) in [6.45, 7) is 4.24. The maximum Gasteiger partial charge on any atom is 0.262 e. The van der Waals surface area contributed by atoms with Gasteiger partial charge in [0.2, 0.25) is 0 Å². The Balaban J connectivity index is 1.81. The Morgan fingerprint density at radius 1 is 1.30 bits per heavy atom. The zero-order chi connectivity index (χ0) is 14.1. The Morgan fingerprint density at radius 2 is 2.00 bits per heavy atom. The topological polar surface area (TPSA) is 29.1 Å². The summed E-state index contributed by atoms with van der Waals surface area (Å²) in [5.41, 5.74) is 2.27. The summed E-state index contributed by atoms with van der Waals surface area (Å²) in [4.78, 5) is 13.3. The molecule has 1 aromatic heterocycles. The van der Waals surface area contributed by atoms with Gasteiger partial charge >= 0.3 is 0 Å². The van der Waals surface area contributed by atoms with Crippen molar-refractivity contribution in [1.29, 1.82) is 0 Å². The van der Waals surface area contributed by atoms with Crippen molar-refractivity contribution in [2.75, 3.05) is 0 Å². The highest BCUT2D eigenvalue weighted by molar-refractivity contribution is 7.12. The quantitative estimate of drug-likeness (QED) is 0.897. The molecule has 1 fully saturated rings. The molecule has 1 N–H and O–H groups in total. The van der Waals surface area contributed by atoms with E-state index >= 15 is 0 Å². The summed E-state index contributed by atoms with van der Waals surface area (Å²) in [7, 11) is 0. The Morgan fingerprint density at radius 3 is 2.55 bits per heavy atom. The van der Waals surface area contributed by atoms with E-state index in [2.05, 4.69) is 24.4 Å². The number of hydrogen-bond acceptors (Lipinski definition) is 2. The predicted octanol–water partition coefficient (Wildman–Crippen LogP) is 4.18. The van der Waals surface area contributed by atoms with Gasteiger partial charge in [0.1, 0.15) is 0 Å². The average Bonchev–Trinajstić information content (AvgIpc) is 3.01. The van der Waals surface area contributed by atoms with Gasteiger partial charge in [-0.05, 0) is 47.8 Å². The van der Waals surface area contributed by atoms with Crippen LogP contribution in [0.25, 0.3) is 0 Å². The molecule has 1 saturated carbocycles. The maximum atomic E-state index is 12.4. The first-order chi connectivity index (χ1) is 9.66. The van der Waals surface area contributed by atoms with Crippen molar-refractivity contribution in [2.45, 2.75) is 26.3 Å². The molecule has 3 unspecified atom stereocenters. The third-order valence-electron chi connectivity index (χ3n) is 4.11. The minimum absolute atomic E-state index is 0.0606. The first-order valence-corrected chi connectivity index (χ1v) is 7.94. The molecule has 1 aliphatic carbocycles. The zero-order valence-electron chi connectivity index (χ0n) is 11.8. The number of thiophene rings is 1. The zero-order valence-corrected chi connectivity index (χ0v) is 12.6. The fourth-order valence-corrected chi connectivity index (χ4v) is 3.55. The molecule has 1 aromatic carbocycles. The van der Waals surface area contributed by atoms with Crippen molar-refractivity contribution in [3.63, 3.8) is 0 Å². The highest BCUT2D eigenvalue weighted by Crippen LogP contribution is 2.47. The fourth-order valence-electron chi connectivity index (χ4n) is 2.73. The normalized spacial score (nSPS) is 22.3. The van der Waals surface area contributed by atoms with Crippen LogP contribution in [0.1, 0.15) is 40.2 Å². The number of benzene rings is 1. The Hall–Kier alpha value is -1.61. The molecule has 3 atom stereocenters. The molecule has 1 amide bonds. The van der Waals surface area contributed by atoms with E-state index in [0.717, 1.165) is 10.4 Å². The monoisotopic (exact) mass is 285 g/mol. The van der Waals surface area contributed by atoms with Crippen LogP contribution in [0.2, 0.25) is 0 Å². The number of carbonyl (C=O) groups excluding carboxylic acids is 1. The molecule has 0 aliphatic heterocycles. The van der Waals surface area contributed by atoms with Gasteiger partial charge in [0, 0.05) is 0 Å². The SMILES string of the molecule is Cc1ccsc1C(=O)NC(c1ccccc1)C1CC1C. The molecule has 1 heterocycles. The van der Waals surface area contributed by atoms with Crippen LogP contribution in [0.15, 0.2) is 41.8 Å². The van der Waals surface area contributed by atoms with Crippen LogP contribution in [-0.2, 0) is 0 Å². The minimum atomic E-state index is 0.0606. The van der Waals surface area contributed by atoms with Gasteiger partial charge in [0.05, 0.1) is 10.9 Å². The molecule has 104 valence electrons. The van der Waals surface area contributed by atoms with Gasteiger partial charge in [0.25, 0.3) is 5.91 Å². The summed E-state index contributed by atoms with van der Waals surface area (Å²) >= 11 is 1.52. The highest BCUT2D eigenvalue weighted by atomic mass is 32.1. The van der Waals surface area contributed by atoms with E-state index in [0.29, 0.717) is 11.8 Å². The van der Waals surface area contributed by atoms with E-state index < -0.39 is 0 Å². The second-order valence-corrected chi connectivity index (χ2v) is 6.59. The molecule has 0 radical (unpaired) electrons. The van der Waals surface area contributed by atoms with Crippen LogP contribution in [0, 0.1) is 18.8 Å². The van der Waals surface area contributed by atoms with Gasteiger partial charge in [-0.25, -0.2) is 0 Å². The summed E-state index contributed by atoms with van der Waals surface area (Å²) in [6.07, 6.45) is 1.20. The van der Waals surface area contributed by atoms with Crippen LogP contribution in [0.3, 0.4) is 0 Å². The van der Waals surface area contributed by atoms with Crippen molar-refractivity contribution in [3.8, 4) is 0 Å². The molecular formula is C17H19NOS. The second-order valence-electron chi connectivity index (χ2n) is 5.67. The summed E-state index contributed by atoms with van der Waals surface area (Å²) < 4.78 is 0. The van der Waals surface area contributed by atoms with E-state index in [1.165, 1.54) is 23.3 Å². The number of carbonyl (C=O) groups is 1. The van der Waals surface area contributed by atoms with E-state index in [4.69, 9.17) is 0 Å². The first kappa shape index (κ1) is 13.4. The van der Waals surface area contributed by atoms with Gasteiger partial charge < -0.3 is 5.32 Å². The van der Waals surface area contributed by atoms with Crippen molar-refractivity contribution in [2.24, 2.45) is 11.8 Å². The van der Waals surface area contributed by atoms with E-state index in [1.807, 2.05) is 36.6 Å². The number of nitrogens with one attached hydrogen (secondary N) is 1. The minimum Gasteiger partial charge on any atom is -0.344 e. The standard InChI is InChI=1S/C17H19NOS/c1-11-8-9-20-16(11)17(19)18-15(14-10-12(14)2)13-6-4-3-5-7-13/h3-9,12,14-15H,10H2,1-2H3,(H,18,19). The number of aryl methyl sites for hydroxylation is 1. The van der Waals surface area contributed by atoms with Crippen molar-refractivity contribution < 1.29 is 4.79 Å². The molecule has 0 spiro atoms. The lowest BCUT2D eigenvalue weighted by molar-refractivity contribution is 0.0934. The molecule has 20 heavy (non-hydrogen) atoms. The number of rotatable bonds is 4. The van der Waals surface area contributed by atoms with Crippen LogP contribution < -0.4 is 5.32 Å². The molecule has 2 aromatic rings. The lowest BCUT2D eigenvalue weighted by Crippen LogP contribution is -2.30. The fraction of sp³-hybridized carbons (Fsp3) is 0.353. The van der Waals surface area contributed by atoms with Crippen LogP contribution in [-0.4, -0.2) is 5.91 Å². The molecule has 0 bridgehead atoms. The molecule has 3 rings (SSSR count). The average molecular weight is 285 g/mol. The Bertz CT molecular complexity index is 604. The van der Waals surface area contributed by atoms with Gasteiger partial charge in [-0.1, -0.05) is 37.3 Å². The van der Waals surface area contributed by atoms with Crippen LogP contribution in [0.5, 0.6) is 0 Å². The van der Waals surface area contributed by atoms with Crippen molar-refractivity contribution in [1.82, 2.24) is 5.32 Å². The maximum absolute atomic E-state index is 12.4. The highest BCUT2D eigenvalue weighted by Gasteiger charge is 2.41. The van der Waals surface area contributed by atoms with Crippen LogP contribution >= 0.6 is 11.3 Å². The predicted molar refractivity (Wildman–Crippen MR) is 83.0 cm³/mol. The molecule has 3 heteroatoms. The third-order valence-corrected chi connectivity index (χ3v) is 5.13. The van der Waals surface area contributed by atoms with Gasteiger partial charge in [-0.2, -0.15) is 0 Å². The van der Waals surface area contributed by atoms with Gasteiger partial charge in [-0.3, -0.25) is 4.79 Å². The Labute approximate surface area is 123 Å². The van der Waals surface area contributed by atoms with E-state index in [1.54, 1.807) is 0 Å². The van der Waals surface area contributed by atoms with E-state index in [-0.39, 0.29) is 11.9 Å². The van der Waals surface area contributed by atoms with Crippen molar-refractivity contribution >= 4 is 17.2 Å². The van der Waals surface area contributed by atoms with Gasteiger partial charge in [0.15, 0.2) is 0 Å². The first-order valence-electron chi connectivity index (χ1n) is 7.06. The van der Waals surface area contributed by atoms with Crippen molar-refractivity contribution in [3.05, 3.63) is 57.8 Å². The smallest absolute Gasteiger partial charge is 0.262 e. The number of hydrogen-bond donors (Lipinski definition) is 1. The molecule has 1 aliphatic rings. The largest absolute Gasteiger partial charge is 0.344 e. The van der Waals surface area contributed by atoms with Gasteiger partial charge in [-0.15, -0.1) is 11.3 Å². The number of amides is 1. The summed E-state index contributed by atoms with van der Waals surface area (Å²) in [5, 5.41) is 5.21. The van der Waals surface area contributed by atoms with Crippen LogP contribution in [0.4, 0.5) is 0 Å². The second kappa shape index (κ2) is 5.41. The summed E-state index contributed by atoms with van der Waals surface area (Å²) in [6, 6.07) is 12.4. The molecule has 2 nitrogen and oxygen atoms in total. The molecular weight excluding hydrogens is 266 g/mol.